The van der Waals surface area contributed by atoms with Crippen LogP contribution in [0.15, 0.2) is 12.4 Å². The Balaban J connectivity index is 1.66. The molecule has 0 aliphatic carbocycles. The third-order valence-corrected chi connectivity index (χ3v) is 4.23. The van der Waals surface area contributed by atoms with E-state index in [2.05, 4.69) is 36.1 Å². The van der Waals surface area contributed by atoms with Crippen molar-refractivity contribution in [3.05, 3.63) is 18.0 Å². The standard InChI is InChI=1S/C16H28N4O/c1-13(2)20-12-15(11-18-20)10-17-16(21)7-6-14(3)19-8-4-5-9-19/h11-14H,4-10H2,1-3H3,(H,17,21)/t14-/m0/s1. The highest BCUT2D eigenvalue weighted by Crippen LogP contribution is 2.14. The molecule has 1 amide bonds. The van der Waals surface area contributed by atoms with Gasteiger partial charge in [0, 0.05) is 36.8 Å². The van der Waals surface area contributed by atoms with E-state index in [1.54, 1.807) is 0 Å². The number of nitrogens with one attached hydrogen (secondary N) is 1. The van der Waals surface area contributed by atoms with Crippen LogP contribution in [0.3, 0.4) is 0 Å². The van der Waals surface area contributed by atoms with Crippen LogP contribution in [0, 0.1) is 0 Å². The fraction of sp³-hybridized carbons (Fsp3) is 0.750. The normalized spacial score (nSPS) is 17.3. The fourth-order valence-electron chi connectivity index (χ4n) is 2.75. The molecule has 1 atom stereocenters. The Hall–Kier alpha value is -1.36. The van der Waals surface area contributed by atoms with Crippen molar-refractivity contribution >= 4 is 5.91 Å². The fourth-order valence-corrected chi connectivity index (χ4v) is 2.75. The Morgan fingerprint density at radius 1 is 1.33 bits per heavy atom. The minimum absolute atomic E-state index is 0.137. The van der Waals surface area contributed by atoms with E-state index in [-0.39, 0.29) is 5.91 Å². The molecule has 1 N–H and O–H groups in total. The second kappa shape index (κ2) is 7.59. The lowest BCUT2D eigenvalue weighted by molar-refractivity contribution is -0.121. The average Bonchev–Trinajstić information content (AvgIpc) is 3.13. The largest absolute Gasteiger partial charge is 0.352 e. The van der Waals surface area contributed by atoms with Gasteiger partial charge in [-0.05, 0) is 53.1 Å². The molecule has 0 aromatic carbocycles. The van der Waals surface area contributed by atoms with Gasteiger partial charge >= 0.3 is 0 Å². The van der Waals surface area contributed by atoms with Crippen molar-refractivity contribution in [1.29, 1.82) is 0 Å². The summed E-state index contributed by atoms with van der Waals surface area (Å²) >= 11 is 0. The molecule has 1 aliphatic rings. The number of carbonyl (C=O) groups excluding carboxylic acids is 1. The van der Waals surface area contributed by atoms with Crippen molar-refractivity contribution in [2.75, 3.05) is 13.1 Å². The van der Waals surface area contributed by atoms with E-state index in [0.29, 0.717) is 25.0 Å². The summed E-state index contributed by atoms with van der Waals surface area (Å²) in [6.07, 6.45) is 7.98. The van der Waals surface area contributed by atoms with E-state index in [0.717, 1.165) is 12.0 Å². The monoisotopic (exact) mass is 292 g/mol. The predicted molar refractivity (Wildman–Crippen MR) is 84.0 cm³/mol. The first-order chi connectivity index (χ1) is 10.1. The van der Waals surface area contributed by atoms with E-state index in [1.165, 1.54) is 25.9 Å². The number of carbonyl (C=O) groups is 1. The van der Waals surface area contributed by atoms with Crippen LogP contribution in [-0.4, -0.2) is 39.7 Å². The summed E-state index contributed by atoms with van der Waals surface area (Å²) in [6, 6.07) is 0.873. The van der Waals surface area contributed by atoms with Gasteiger partial charge < -0.3 is 10.2 Å². The van der Waals surface area contributed by atoms with E-state index >= 15 is 0 Å². The lowest BCUT2D eigenvalue weighted by Gasteiger charge is -2.23. The smallest absolute Gasteiger partial charge is 0.220 e. The van der Waals surface area contributed by atoms with Crippen molar-refractivity contribution in [3.8, 4) is 0 Å². The maximum absolute atomic E-state index is 11.9. The Bertz CT molecular complexity index is 449. The van der Waals surface area contributed by atoms with Gasteiger partial charge in [0.2, 0.25) is 5.91 Å². The number of nitrogens with zero attached hydrogens (tertiary/aromatic N) is 3. The zero-order valence-electron chi connectivity index (χ0n) is 13.5. The zero-order chi connectivity index (χ0) is 15.2. The predicted octanol–water partition coefficient (Wildman–Crippen LogP) is 2.34. The summed E-state index contributed by atoms with van der Waals surface area (Å²) in [4.78, 5) is 14.4. The molecular weight excluding hydrogens is 264 g/mol. The number of likely N-dealkylation sites (tertiary alicyclic amines) is 1. The van der Waals surface area contributed by atoms with Crippen molar-refractivity contribution in [2.24, 2.45) is 0 Å². The number of rotatable bonds is 7. The first kappa shape index (κ1) is 16.0. The first-order valence-corrected chi connectivity index (χ1v) is 8.10. The quantitative estimate of drug-likeness (QED) is 0.839. The molecule has 1 fully saturated rings. The summed E-state index contributed by atoms with van der Waals surface area (Å²) in [5, 5.41) is 7.27. The summed E-state index contributed by atoms with van der Waals surface area (Å²) in [6.45, 7) is 9.37. The van der Waals surface area contributed by atoms with Crippen LogP contribution in [0.4, 0.5) is 0 Å². The maximum Gasteiger partial charge on any atom is 0.220 e. The number of aromatic nitrogens is 2. The van der Waals surface area contributed by atoms with Gasteiger partial charge in [0.05, 0.1) is 6.20 Å². The Morgan fingerprint density at radius 2 is 2.05 bits per heavy atom. The van der Waals surface area contributed by atoms with Crippen LogP contribution in [-0.2, 0) is 11.3 Å². The minimum atomic E-state index is 0.137. The average molecular weight is 292 g/mol. The molecule has 2 rings (SSSR count). The van der Waals surface area contributed by atoms with Gasteiger partial charge in [-0.1, -0.05) is 0 Å². The number of amides is 1. The van der Waals surface area contributed by atoms with Crippen molar-refractivity contribution in [3.63, 3.8) is 0 Å². The van der Waals surface area contributed by atoms with Crippen LogP contribution >= 0.6 is 0 Å². The molecule has 1 aromatic heterocycles. The molecule has 5 heteroatoms. The molecule has 1 aromatic rings. The summed E-state index contributed by atoms with van der Waals surface area (Å²) in [5.74, 6) is 0.137. The molecule has 21 heavy (non-hydrogen) atoms. The first-order valence-electron chi connectivity index (χ1n) is 8.10. The molecule has 0 saturated carbocycles. The van der Waals surface area contributed by atoms with Crippen LogP contribution in [0.2, 0.25) is 0 Å². The van der Waals surface area contributed by atoms with Crippen LogP contribution in [0.25, 0.3) is 0 Å². The van der Waals surface area contributed by atoms with Gasteiger partial charge in [-0.15, -0.1) is 0 Å². The lowest BCUT2D eigenvalue weighted by Crippen LogP contribution is -2.32. The lowest BCUT2D eigenvalue weighted by atomic mass is 10.1. The van der Waals surface area contributed by atoms with Gasteiger partial charge in [0.1, 0.15) is 0 Å². The summed E-state index contributed by atoms with van der Waals surface area (Å²) in [5.41, 5.74) is 1.06. The molecule has 5 nitrogen and oxygen atoms in total. The van der Waals surface area contributed by atoms with E-state index in [1.807, 2.05) is 17.1 Å². The van der Waals surface area contributed by atoms with Crippen LogP contribution in [0.1, 0.15) is 58.1 Å². The zero-order valence-corrected chi connectivity index (χ0v) is 13.5. The van der Waals surface area contributed by atoms with Crippen molar-refractivity contribution in [1.82, 2.24) is 20.0 Å². The number of hydrogen-bond acceptors (Lipinski definition) is 3. The molecule has 0 spiro atoms. The van der Waals surface area contributed by atoms with Crippen LogP contribution < -0.4 is 5.32 Å². The second-order valence-corrected chi connectivity index (χ2v) is 6.33. The topological polar surface area (TPSA) is 50.2 Å². The van der Waals surface area contributed by atoms with Crippen molar-refractivity contribution < 1.29 is 4.79 Å². The molecule has 0 unspecified atom stereocenters. The Labute approximate surface area is 127 Å². The molecule has 1 aliphatic heterocycles. The van der Waals surface area contributed by atoms with Crippen LogP contribution in [0.5, 0.6) is 0 Å². The number of hydrogen-bond donors (Lipinski definition) is 1. The SMILES string of the molecule is CC(C)n1cc(CNC(=O)CC[C@H](C)N2CCCC2)cn1. The molecular formula is C16H28N4O. The third kappa shape index (κ3) is 4.84. The Kier molecular flexibility index (Phi) is 5.79. The van der Waals surface area contributed by atoms with Gasteiger partial charge in [0.15, 0.2) is 0 Å². The van der Waals surface area contributed by atoms with Gasteiger partial charge in [-0.3, -0.25) is 9.48 Å². The van der Waals surface area contributed by atoms with Crippen molar-refractivity contribution in [2.45, 2.75) is 65.1 Å². The molecule has 0 bridgehead atoms. The summed E-state index contributed by atoms with van der Waals surface area (Å²) in [7, 11) is 0. The maximum atomic E-state index is 11.9. The summed E-state index contributed by atoms with van der Waals surface area (Å²) < 4.78 is 1.91. The Morgan fingerprint density at radius 3 is 2.67 bits per heavy atom. The second-order valence-electron chi connectivity index (χ2n) is 6.33. The molecule has 118 valence electrons. The highest BCUT2D eigenvalue weighted by Gasteiger charge is 2.18. The van der Waals surface area contributed by atoms with Gasteiger partial charge in [-0.2, -0.15) is 5.10 Å². The highest BCUT2D eigenvalue weighted by atomic mass is 16.1. The van der Waals surface area contributed by atoms with Gasteiger partial charge in [0.25, 0.3) is 0 Å². The van der Waals surface area contributed by atoms with E-state index in [4.69, 9.17) is 0 Å². The third-order valence-electron chi connectivity index (χ3n) is 4.23. The highest BCUT2D eigenvalue weighted by molar-refractivity contribution is 5.75. The van der Waals surface area contributed by atoms with E-state index < -0.39 is 0 Å². The van der Waals surface area contributed by atoms with Gasteiger partial charge in [-0.25, -0.2) is 0 Å². The van der Waals surface area contributed by atoms with E-state index in [9.17, 15) is 4.79 Å². The molecule has 0 radical (unpaired) electrons. The minimum Gasteiger partial charge on any atom is -0.352 e. The molecule has 2 heterocycles. The molecule has 1 saturated heterocycles.